The summed E-state index contributed by atoms with van der Waals surface area (Å²) in [6, 6.07) is 0. The second kappa shape index (κ2) is 5.28. The SMILES string of the molecule is CCC1CN(C[C@@H]2CNC[C@H]2C)CCO1. The summed E-state index contributed by atoms with van der Waals surface area (Å²) in [7, 11) is 0. The van der Waals surface area contributed by atoms with Crippen LogP contribution in [0.3, 0.4) is 0 Å². The highest BCUT2D eigenvalue weighted by Gasteiger charge is 2.27. The van der Waals surface area contributed by atoms with Crippen LogP contribution in [0.4, 0.5) is 0 Å². The zero-order chi connectivity index (χ0) is 10.7. The molecule has 88 valence electrons. The average molecular weight is 212 g/mol. The van der Waals surface area contributed by atoms with E-state index in [1.807, 2.05) is 0 Å². The quantitative estimate of drug-likeness (QED) is 0.754. The van der Waals surface area contributed by atoms with Crippen molar-refractivity contribution >= 4 is 0 Å². The van der Waals surface area contributed by atoms with Gasteiger partial charge in [-0.3, -0.25) is 4.90 Å². The third-order valence-electron chi connectivity index (χ3n) is 3.85. The zero-order valence-electron chi connectivity index (χ0n) is 10.0. The van der Waals surface area contributed by atoms with E-state index < -0.39 is 0 Å². The van der Waals surface area contributed by atoms with Crippen LogP contribution >= 0.6 is 0 Å². The molecule has 0 aliphatic carbocycles. The minimum Gasteiger partial charge on any atom is -0.376 e. The maximum Gasteiger partial charge on any atom is 0.0700 e. The topological polar surface area (TPSA) is 24.5 Å². The van der Waals surface area contributed by atoms with Gasteiger partial charge in [-0.1, -0.05) is 13.8 Å². The molecule has 0 aromatic heterocycles. The summed E-state index contributed by atoms with van der Waals surface area (Å²) in [6.45, 7) is 11.4. The molecule has 1 N–H and O–H groups in total. The number of hydrogen-bond acceptors (Lipinski definition) is 3. The molecule has 0 radical (unpaired) electrons. The average Bonchev–Trinajstić information content (AvgIpc) is 2.65. The number of nitrogens with one attached hydrogen (secondary N) is 1. The van der Waals surface area contributed by atoms with E-state index in [0.29, 0.717) is 6.10 Å². The molecule has 0 saturated carbocycles. The van der Waals surface area contributed by atoms with Crippen molar-refractivity contribution in [3.8, 4) is 0 Å². The van der Waals surface area contributed by atoms with Crippen molar-refractivity contribution in [2.24, 2.45) is 11.8 Å². The highest BCUT2D eigenvalue weighted by molar-refractivity contribution is 4.82. The van der Waals surface area contributed by atoms with Crippen LogP contribution < -0.4 is 5.32 Å². The van der Waals surface area contributed by atoms with Gasteiger partial charge < -0.3 is 10.1 Å². The molecule has 2 aliphatic rings. The molecule has 0 aromatic rings. The predicted molar refractivity (Wildman–Crippen MR) is 62.0 cm³/mol. The van der Waals surface area contributed by atoms with Gasteiger partial charge in [0.1, 0.15) is 0 Å². The van der Waals surface area contributed by atoms with Crippen molar-refractivity contribution in [3.05, 3.63) is 0 Å². The van der Waals surface area contributed by atoms with Gasteiger partial charge in [-0.2, -0.15) is 0 Å². The molecular weight excluding hydrogens is 188 g/mol. The molecule has 1 unspecified atom stereocenters. The molecule has 3 nitrogen and oxygen atoms in total. The van der Waals surface area contributed by atoms with E-state index >= 15 is 0 Å². The maximum atomic E-state index is 5.69. The molecule has 15 heavy (non-hydrogen) atoms. The normalized spacial score (nSPS) is 38.4. The molecule has 0 aromatic carbocycles. The summed E-state index contributed by atoms with van der Waals surface area (Å²) in [5.41, 5.74) is 0. The van der Waals surface area contributed by atoms with Gasteiger partial charge in [0.15, 0.2) is 0 Å². The lowest BCUT2D eigenvalue weighted by Crippen LogP contribution is -2.45. The highest BCUT2D eigenvalue weighted by atomic mass is 16.5. The Balaban J connectivity index is 1.78. The van der Waals surface area contributed by atoms with Gasteiger partial charge in [0.25, 0.3) is 0 Å². The maximum absolute atomic E-state index is 5.69. The van der Waals surface area contributed by atoms with E-state index in [2.05, 4.69) is 24.1 Å². The van der Waals surface area contributed by atoms with E-state index in [9.17, 15) is 0 Å². The van der Waals surface area contributed by atoms with Crippen LogP contribution in [-0.2, 0) is 4.74 Å². The van der Waals surface area contributed by atoms with Crippen LogP contribution in [0, 0.1) is 11.8 Å². The molecule has 2 rings (SSSR count). The second-order valence-corrected chi connectivity index (χ2v) is 5.06. The lowest BCUT2D eigenvalue weighted by Gasteiger charge is -2.34. The van der Waals surface area contributed by atoms with Gasteiger partial charge in [0.05, 0.1) is 12.7 Å². The van der Waals surface area contributed by atoms with Crippen molar-refractivity contribution in [2.75, 3.05) is 39.3 Å². The highest BCUT2D eigenvalue weighted by Crippen LogP contribution is 2.19. The van der Waals surface area contributed by atoms with Gasteiger partial charge in [0.2, 0.25) is 0 Å². The summed E-state index contributed by atoms with van der Waals surface area (Å²) < 4.78 is 5.69. The molecule has 2 fully saturated rings. The fourth-order valence-corrected chi connectivity index (χ4v) is 2.63. The van der Waals surface area contributed by atoms with Gasteiger partial charge in [0, 0.05) is 19.6 Å². The first-order valence-corrected chi connectivity index (χ1v) is 6.34. The van der Waals surface area contributed by atoms with E-state index in [1.54, 1.807) is 0 Å². The first kappa shape index (κ1) is 11.4. The van der Waals surface area contributed by atoms with Crippen molar-refractivity contribution in [1.29, 1.82) is 0 Å². The Kier molecular flexibility index (Phi) is 4.00. The van der Waals surface area contributed by atoms with Crippen LogP contribution in [0.15, 0.2) is 0 Å². The van der Waals surface area contributed by atoms with Crippen LogP contribution in [0.5, 0.6) is 0 Å². The second-order valence-electron chi connectivity index (χ2n) is 5.06. The Morgan fingerprint density at radius 3 is 2.93 bits per heavy atom. The van der Waals surface area contributed by atoms with Gasteiger partial charge >= 0.3 is 0 Å². The number of hydrogen-bond donors (Lipinski definition) is 1. The van der Waals surface area contributed by atoms with E-state index in [1.165, 1.54) is 19.6 Å². The zero-order valence-corrected chi connectivity index (χ0v) is 10.0. The molecule has 2 saturated heterocycles. The Bertz CT molecular complexity index is 198. The first-order valence-electron chi connectivity index (χ1n) is 6.34. The minimum atomic E-state index is 0.475. The summed E-state index contributed by atoms with van der Waals surface area (Å²) in [5, 5.41) is 3.48. The summed E-state index contributed by atoms with van der Waals surface area (Å²) in [5.74, 6) is 1.69. The number of rotatable bonds is 3. The fraction of sp³-hybridized carbons (Fsp3) is 1.00. The van der Waals surface area contributed by atoms with Crippen molar-refractivity contribution < 1.29 is 4.74 Å². The van der Waals surface area contributed by atoms with Crippen LogP contribution in [-0.4, -0.2) is 50.3 Å². The lowest BCUT2D eigenvalue weighted by atomic mass is 9.97. The van der Waals surface area contributed by atoms with Crippen molar-refractivity contribution in [3.63, 3.8) is 0 Å². The summed E-state index contributed by atoms with van der Waals surface area (Å²) >= 11 is 0. The number of ether oxygens (including phenoxy) is 1. The Morgan fingerprint density at radius 2 is 2.27 bits per heavy atom. The Morgan fingerprint density at radius 1 is 1.40 bits per heavy atom. The Hall–Kier alpha value is -0.120. The lowest BCUT2D eigenvalue weighted by molar-refractivity contribution is -0.0346. The minimum absolute atomic E-state index is 0.475. The molecule has 3 atom stereocenters. The van der Waals surface area contributed by atoms with Gasteiger partial charge in [-0.05, 0) is 31.3 Å². The summed E-state index contributed by atoms with van der Waals surface area (Å²) in [6.07, 6.45) is 1.62. The van der Waals surface area contributed by atoms with Crippen molar-refractivity contribution in [1.82, 2.24) is 10.2 Å². The van der Waals surface area contributed by atoms with Gasteiger partial charge in [-0.15, -0.1) is 0 Å². The third-order valence-corrected chi connectivity index (χ3v) is 3.85. The molecule has 3 heteroatoms. The van der Waals surface area contributed by atoms with Gasteiger partial charge in [-0.25, -0.2) is 0 Å². The third kappa shape index (κ3) is 2.92. The number of morpholine rings is 1. The molecule has 0 amide bonds. The monoisotopic (exact) mass is 212 g/mol. The van der Waals surface area contributed by atoms with Crippen LogP contribution in [0.1, 0.15) is 20.3 Å². The largest absolute Gasteiger partial charge is 0.376 e. The fourth-order valence-electron chi connectivity index (χ4n) is 2.63. The first-order chi connectivity index (χ1) is 7.29. The molecule has 0 bridgehead atoms. The molecule has 2 heterocycles. The predicted octanol–water partition coefficient (Wildman–Crippen LogP) is 0.953. The molecule has 2 aliphatic heterocycles. The van der Waals surface area contributed by atoms with E-state index in [0.717, 1.165) is 38.0 Å². The van der Waals surface area contributed by atoms with Crippen LogP contribution in [0.2, 0.25) is 0 Å². The van der Waals surface area contributed by atoms with E-state index in [4.69, 9.17) is 4.74 Å². The van der Waals surface area contributed by atoms with Crippen LogP contribution in [0.25, 0.3) is 0 Å². The standard InChI is InChI=1S/C12H24N2O/c1-3-12-9-14(4-5-15-12)8-11-7-13-6-10(11)2/h10-13H,3-9H2,1-2H3/t10-,11+,12?/m1/s1. The Labute approximate surface area is 93.2 Å². The summed E-state index contributed by atoms with van der Waals surface area (Å²) in [4.78, 5) is 2.59. The number of nitrogens with zero attached hydrogens (tertiary/aromatic N) is 1. The smallest absolute Gasteiger partial charge is 0.0700 e. The van der Waals surface area contributed by atoms with Crippen molar-refractivity contribution in [2.45, 2.75) is 26.4 Å². The van der Waals surface area contributed by atoms with E-state index in [-0.39, 0.29) is 0 Å². The molecule has 0 spiro atoms. The molecular formula is C12H24N2O.